The van der Waals surface area contributed by atoms with Gasteiger partial charge in [-0.1, -0.05) is 30.7 Å². The highest BCUT2D eigenvalue weighted by Gasteiger charge is 2.20. The first kappa shape index (κ1) is 22.4. The van der Waals surface area contributed by atoms with Crippen molar-refractivity contribution in [1.82, 2.24) is 15.5 Å². The van der Waals surface area contributed by atoms with Gasteiger partial charge in [-0.3, -0.25) is 9.89 Å². The first-order valence-corrected chi connectivity index (χ1v) is 10.2. The fourth-order valence-corrected chi connectivity index (χ4v) is 3.32. The zero-order valence-corrected chi connectivity index (χ0v) is 18.9. The van der Waals surface area contributed by atoms with Crippen LogP contribution < -0.4 is 10.6 Å². The van der Waals surface area contributed by atoms with Crippen molar-refractivity contribution in [2.75, 3.05) is 39.9 Å². The molecule has 27 heavy (non-hydrogen) atoms. The SMILES string of the molecule is CN=C(NCCOCC1CC1)NCc1ccc(CN2CCCCC2)cc1.I. The molecule has 0 unspecified atom stereocenters. The second kappa shape index (κ2) is 12.6. The molecule has 1 aromatic rings. The lowest BCUT2D eigenvalue weighted by Crippen LogP contribution is -2.38. The number of benzene rings is 1. The minimum atomic E-state index is 0. The molecule has 5 nitrogen and oxygen atoms in total. The number of nitrogens with zero attached hydrogens (tertiary/aromatic N) is 2. The van der Waals surface area contributed by atoms with Gasteiger partial charge >= 0.3 is 0 Å². The van der Waals surface area contributed by atoms with Crippen LogP contribution in [0.3, 0.4) is 0 Å². The Kier molecular flexibility index (Phi) is 10.4. The van der Waals surface area contributed by atoms with Gasteiger partial charge in [0, 0.05) is 33.3 Å². The smallest absolute Gasteiger partial charge is 0.191 e. The molecule has 0 amide bonds. The number of hydrogen-bond donors (Lipinski definition) is 2. The third kappa shape index (κ3) is 8.79. The predicted octanol–water partition coefficient (Wildman–Crippen LogP) is 3.38. The lowest BCUT2D eigenvalue weighted by molar-refractivity contribution is 0.129. The maximum atomic E-state index is 5.64. The number of ether oxygens (including phenoxy) is 1. The van der Waals surface area contributed by atoms with E-state index in [-0.39, 0.29) is 24.0 Å². The summed E-state index contributed by atoms with van der Waals surface area (Å²) >= 11 is 0. The summed E-state index contributed by atoms with van der Waals surface area (Å²) in [7, 11) is 1.81. The van der Waals surface area contributed by atoms with Crippen molar-refractivity contribution in [1.29, 1.82) is 0 Å². The topological polar surface area (TPSA) is 48.9 Å². The van der Waals surface area contributed by atoms with Gasteiger partial charge in [-0.05, 0) is 55.8 Å². The largest absolute Gasteiger partial charge is 0.379 e. The van der Waals surface area contributed by atoms with Crippen LogP contribution in [0.2, 0.25) is 0 Å². The Morgan fingerprint density at radius 1 is 1.07 bits per heavy atom. The maximum Gasteiger partial charge on any atom is 0.191 e. The number of aliphatic imine (C=N–C) groups is 1. The van der Waals surface area contributed by atoms with Crippen LogP contribution >= 0.6 is 24.0 Å². The van der Waals surface area contributed by atoms with Crippen LogP contribution in [0.15, 0.2) is 29.3 Å². The Hall–Kier alpha value is -0.860. The van der Waals surface area contributed by atoms with Crippen molar-refractivity contribution in [3.8, 4) is 0 Å². The van der Waals surface area contributed by atoms with Crippen molar-refractivity contribution in [2.45, 2.75) is 45.2 Å². The van der Waals surface area contributed by atoms with Gasteiger partial charge in [-0.2, -0.15) is 0 Å². The fraction of sp³-hybridized carbons (Fsp3) is 0.667. The number of likely N-dealkylation sites (tertiary alicyclic amines) is 1. The monoisotopic (exact) mass is 486 g/mol. The Morgan fingerprint density at radius 3 is 2.44 bits per heavy atom. The molecule has 0 aromatic heterocycles. The Labute approximate surface area is 181 Å². The number of piperidine rings is 1. The summed E-state index contributed by atoms with van der Waals surface area (Å²) in [4.78, 5) is 6.84. The van der Waals surface area contributed by atoms with E-state index in [4.69, 9.17) is 4.74 Å². The first-order chi connectivity index (χ1) is 12.8. The third-order valence-electron chi connectivity index (χ3n) is 5.15. The van der Waals surface area contributed by atoms with E-state index in [1.807, 2.05) is 7.05 Å². The van der Waals surface area contributed by atoms with Crippen molar-refractivity contribution in [2.24, 2.45) is 10.9 Å². The lowest BCUT2D eigenvalue weighted by atomic mass is 10.1. The van der Waals surface area contributed by atoms with Crippen LogP contribution in [-0.2, 0) is 17.8 Å². The van der Waals surface area contributed by atoms with Gasteiger partial charge in [0.1, 0.15) is 0 Å². The van der Waals surface area contributed by atoms with Gasteiger partial charge in [-0.15, -0.1) is 24.0 Å². The van der Waals surface area contributed by atoms with Crippen molar-refractivity contribution >= 4 is 29.9 Å². The third-order valence-corrected chi connectivity index (χ3v) is 5.15. The van der Waals surface area contributed by atoms with Gasteiger partial charge in [0.05, 0.1) is 6.61 Å². The highest BCUT2D eigenvalue weighted by Crippen LogP contribution is 2.28. The number of hydrogen-bond acceptors (Lipinski definition) is 3. The summed E-state index contributed by atoms with van der Waals surface area (Å²) in [5.41, 5.74) is 2.69. The second-order valence-electron chi connectivity index (χ2n) is 7.52. The fourth-order valence-electron chi connectivity index (χ4n) is 3.32. The molecule has 6 heteroatoms. The van der Waals surface area contributed by atoms with Crippen LogP contribution in [0.25, 0.3) is 0 Å². The summed E-state index contributed by atoms with van der Waals surface area (Å²) in [5, 5.41) is 6.68. The Bertz CT molecular complexity index is 554. The average Bonchev–Trinajstić information content (AvgIpc) is 3.50. The molecule has 0 radical (unpaired) electrons. The van der Waals surface area contributed by atoms with Gasteiger partial charge < -0.3 is 15.4 Å². The molecular weight excluding hydrogens is 451 g/mol. The van der Waals surface area contributed by atoms with Crippen LogP contribution in [0.4, 0.5) is 0 Å². The van der Waals surface area contributed by atoms with E-state index in [2.05, 4.69) is 44.8 Å². The van der Waals surface area contributed by atoms with E-state index in [9.17, 15) is 0 Å². The number of halogens is 1. The van der Waals surface area contributed by atoms with E-state index >= 15 is 0 Å². The van der Waals surface area contributed by atoms with Gasteiger partial charge in [0.25, 0.3) is 0 Å². The summed E-state index contributed by atoms with van der Waals surface area (Å²) in [5.74, 6) is 1.66. The second-order valence-corrected chi connectivity index (χ2v) is 7.52. The van der Waals surface area contributed by atoms with Gasteiger partial charge in [0.15, 0.2) is 5.96 Å². The molecular formula is C21H35IN4O. The molecule has 1 aliphatic carbocycles. The molecule has 0 atom stereocenters. The summed E-state index contributed by atoms with van der Waals surface area (Å²) < 4.78 is 5.64. The molecule has 2 fully saturated rings. The molecule has 0 spiro atoms. The molecule has 152 valence electrons. The number of guanidine groups is 1. The molecule has 1 heterocycles. The summed E-state index contributed by atoms with van der Waals surface area (Å²) in [6.07, 6.45) is 6.77. The minimum Gasteiger partial charge on any atom is -0.379 e. The van der Waals surface area contributed by atoms with Crippen LogP contribution in [0.1, 0.15) is 43.2 Å². The quantitative estimate of drug-likeness (QED) is 0.243. The standard InChI is InChI=1S/C21H34N4O.HI/c1-22-21(23-11-14-26-17-20-9-10-20)24-15-18-5-7-19(8-6-18)16-25-12-3-2-4-13-25;/h5-8,20H,2-4,9-17H2,1H3,(H2,22,23,24);1H. The molecule has 1 saturated heterocycles. The van der Waals surface area contributed by atoms with Crippen LogP contribution in [-0.4, -0.2) is 50.8 Å². The highest BCUT2D eigenvalue weighted by molar-refractivity contribution is 14.0. The minimum absolute atomic E-state index is 0. The van der Waals surface area contributed by atoms with E-state index in [1.165, 1.54) is 56.3 Å². The lowest BCUT2D eigenvalue weighted by Gasteiger charge is -2.26. The average molecular weight is 486 g/mol. The first-order valence-electron chi connectivity index (χ1n) is 10.2. The normalized spacial score (nSPS) is 18.0. The van der Waals surface area contributed by atoms with Crippen molar-refractivity contribution < 1.29 is 4.74 Å². The van der Waals surface area contributed by atoms with Crippen LogP contribution in [0.5, 0.6) is 0 Å². The summed E-state index contributed by atoms with van der Waals surface area (Å²) in [6.45, 7) is 6.80. The molecule has 2 aliphatic rings. The molecule has 1 aliphatic heterocycles. The number of rotatable bonds is 9. The van der Waals surface area contributed by atoms with E-state index in [0.29, 0.717) is 0 Å². The molecule has 1 saturated carbocycles. The van der Waals surface area contributed by atoms with E-state index in [0.717, 1.165) is 44.7 Å². The van der Waals surface area contributed by atoms with Crippen LogP contribution in [0, 0.1) is 5.92 Å². The van der Waals surface area contributed by atoms with Gasteiger partial charge in [-0.25, -0.2) is 0 Å². The zero-order chi connectivity index (χ0) is 18.0. The number of nitrogens with one attached hydrogen (secondary N) is 2. The van der Waals surface area contributed by atoms with Gasteiger partial charge in [0.2, 0.25) is 0 Å². The van der Waals surface area contributed by atoms with E-state index in [1.54, 1.807) is 0 Å². The Morgan fingerprint density at radius 2 is 1.78 bits per heavy atom. The maximum absolute atomic E-state index is 5.64. The predicted molar refractivity (Wildman–Crippen MR) is 123 cm³/mol. The van der Waals surface area contributed by atoms with Crippen molar-refractivity contribution in [3.05, 3.63) is 35.4 Å². The molecule has 0 bridgehead atoms. The highest BCUT2D eigenvalue weighted by atomic mass is 127. The van der Waals surface area contributed by atoms with E-state index < -0.39 is 0 Å². The molecule has 3 rings (SSSR count). The zero-order valence-electron chi connectivity index (χ0n) is 16.6. The Balaban J connectivity index is 0.00000261. The van der Waals surface area contributed by atoms with Crippen molar-refractivity contribution in [3.63, 3.8) is 0 Å². The molecule has 1 aromatic carbocycles. The summed E-state index contributed by atoms with van der Waals surface area (Å²) in [6, 6.07) is 8.96. The molecule has 2 N–H and O–H groups in total.